The van der Waals surface area contributed by atoms with Crippen LogP contribution in [0.15, 0.2) is 60.9 Å². The van der Waals surface area contributed by atoms with Gasteiger partial charge in [-0.15, -0.1) is 0 Å². The average molecular weight is 474 g/mol. The maximum atomic E-state index is 5.74. The first-order chi connectivity index (χ1) is 17.2. The van der Waals surface area contributed by atoms with Gasteiger partial charge < -0.3 is 24.1 Å². The predicted octanol–water partition coefficient (Wildman–Crippen LogP) is 4.79. The molecule has 8 nitrogen and oxygen atoms in total. The SMILES string of the molecule is CCOc1ccc(Nc2ncc3ccn(-c4ccc(CN5CCOCC5)cc4)c3n2)cc1OCC. The molecule has 0 amide bonds. The second-order valence-corrected chi connectivity index (χ2v) is 8.37. The van der Waals surface area contributed by atoms with Gasteiger partial charge >= 0.3 is 0 Å². The van der Waals surface area contributed by atoms with Gasteiger partial charge in [0.25, 0.3) is 0 Å². The smallest absolute Gasteiger partial charge is 0.229 e. The van der Waals surface area contributed by atoms with Gasteiger partial charge in [-0.1, -0.05) is 12.1 Å². The lowest BCUT2D eigenvalue weighted by molar-refractivity contribution is 0.0342. The minimum absolute atomic E-state index is 0.521. The number of nitrogens with zero attached hydrogens (tertiary/aromatic N) is 4. The van der Waals surface area contributed by atoms with E-state index < -0.39 is 0 Å². The molecule has 2 aromatic carbocycles. The summed E-state index contributed by atoms with van der Waals surface area (Å²) >= 11 is 0. The van der Waals surface area contributed by atoms with E-state index in [1.165, 1.54) is 5.56 Å². The first-order valence-corrected chi connectivity index (χ1v) is 12.1. The van der Waals surface area contributed by atoms with E-state index in [-0.39, 0.29) is 0 Å². The van der Waals surface area contributed by atoms with Gasteiger partial charge in [-0.2, -0.15) is 4.98 Å². The second-order valence-electron chi connectivity index (χ2n) is 8.37. The van der Waals surface area contributed by atoms with E-state index in [0.29, 0.717) is 24.9 Å². The van der Waals surface area contributed by atoms with Crippen LogP contribution < -0.4 is 14.8 Å². The lowest BCUT2D eigenvalue weighted by Crippen LogP contribution is -2.35. The molecular weight excluding hydrogens is 442 g/mol. The Balaban J connectivity index is 1.36. The summed E-state index contributed by atoms with van der Waals surface area (Å²) < 4.78 is 18.9. The lowest BCUT2D eigenvalue weighted by Gasteiger charge is -2.26. The Morgan fingerprint density at radius 2 is 1.71 bits per heavy atom. The molecule has 2 aromatic heterocycles. The first kappa shape index (κ1) is 23.1. The zero-order chi connectivity index (χ0) is 24.0. The van der Waals surface area contributed by atoms with Crippen molar-refractivity contribution in [1.82, 2.24) is 19.4 Å². The van der Waals surface area contributed by atoms with E-state index in [9.17, 15) is 0 Å². The number of anilines is 2. The van der Waals surface area contributed by atoms with Gasteiger partial charge in [0.05, 0.1) is 26.4 Å². The minimum atomic E-state index is 0.521. The van der Waals surface area contributed by atoms with Crippen LogP contribution >= 0.6 is 0 Å². The van der Waals surface area contributed by atoms with Crippen LogP contribution in [0, 0.1) is 0 Å². The summed E-state index contributed by atoms with van der Waals surface area (Å²) in [5, 5.41) is 4.28. The fraction of sp³-hybridized carbons (Fsp3) is 0.333. The molecule has 1 aliphatic heterocycles. The van der Waals surface area contributed by atoms with E-state index in [1.807, 2.05) is 50.5 Å². The van der Waals surface area contributed by atoms with Crippen molar-refractivity contribution in [3.63, 3.8) is 0 Å². The molecule has 0 atom stereocenters. The topological polar surface area (TPSA) is 73.7 Å². The number of benzene rings is 2. The Labute approximate surface area is 205 Å². The molecule has 0 bridgehead atoms. The first-order valence-electron chi connectivity index (χ1n) is 12.1. The highest BCUT2D eigenvalue weighted by molar-refractivity contribution is 5.79. The summed E-state index contributed by atoms with van der Waals surface area (Å²) in [6.07, 6.45) is 3.87. The second kappa shape index (κ2) is 10.8. The molecule has 5 rings (SSSR count). The summed E-state index contributed by atoms with van der Waals surface area (Å²) in [6, 6.07) is 16.4. The Bertz CT molecular complexity index is 1270. The number of morpholine rings is 1. The zero-order valence-electron chi connectivity index (χ0n) is 20.2. The quantitative estimate of drug-likeness (QED) is 0.375. The van der Waals surface area contributed by atoms with Crippen molar-refractivity contribution in [3.05, 3.63) is 66.5 Å². The molecule has 1 fully saturated rings. The highest BCUT2D eigenvalue weighted by Gasteiger charge is 2.12. The van der Waals surface area contributed by atoms with Crippen molar-refractivity contribution >= 4 is 22.7 Å². The Morgan fingerprint density at radius 1 is 0.943 bits per heavy atom. The largest absolute Gasteiger partial charge is 0.490 e. The Kier molecular flexibility index (Phi) is 7.11. The molecule has 1 aliphatic rings. The van der Waals surface area contributed by atoms with Crippen LogP contribution in [0.3, 0.4) is 0 Å². The maximum Gasteiger partial charge on any atom is 0.229 e. The van der Waals surface area contributed by atoms with Gasteiger partial charge in [0.1, 0.15) is 5.65 Å². The normalized spacial score (nSPS) is 14.2. The minimum Gasteiger partial charge on any atom is -0.490 e. The fourth-order valence-corrected chi connectivity index (χ4v) is 4.22. The lowest BCUT2D eigenvalue weighted by atomic mass is 10.2. The summed E-state index contributed by atoms with van der Waals surface area (Å²) in [5.41, 5.74) is 4.04. The van der Waals surface area contributed by atoms with Crippen molar-refractivity contribution in [2.24, 2.45) is 0 Å². The number of nitrogens with one attached hydrogen (secondary N) is 1. The van der Waals surface area contributed by atoms with Crippen molar-refractivity contribution in [3.8, 4) is 17.2 Å². The van der Waals surface area contributed by atoms with Crippen molar-refractivity contribution in [1.29, 1.82) is 0 Å². The fourth-order valence-electron chi connectivity index (χ4n) is 4.22. The van der Waals surface area contributed by atoms with Gasteiger partial charge in [0.2, 0.25) is 5.95 Å². The summed E-state index contributed by atoms with van der Waals surface area (Å²) in [5.74, 6) is 1.94. The molecule has 0 unspecified atom stereocenters. The van der Waals surface area contributed by atoms with E-state index >= 15 is 0 Å². The number of ether oxygens (including phenoxy) is 3. The molecule has 35 heavy (non-hydrogen) atoms. The standard InChI is InChI=1S/C27H31N5O3/c1-3-34-24-10-7-22(17-25(24)35-4-2)29-27-28-18-21-11-12-32(26(21)30-27)23-8-5-20(6-9-23)19-31-13-15-33-16-14-31/h5-12,17-18H,3-4,13-16,19H2,1-2H3,(H,28,29,30). The third-order valence-corrected chi connectivity index (χ3v) is 5.95. The van der Waals surface area contributed by atoms with Crippen LogP contribution in [-0.4, -0.2) is 59.0 Å². The Morgan fingerprint density at radius 3 is 2.49 bits per heavy atom. The molecular formula is C27H31N5O3. The van der Waals surface area contributed by atoms with Crippen LogP contribution in [0.4, 0.5) is 11.6 Å². The summed E-state index contributed by atoms with van der Waals surface area (Å²) in [4.78, 5) is 11.7. The van der Waals surface area contributed by atoms with Gasteiger partial charge in [-0.25, -0.2) is 4.98 Å². The highest BCUT2D eigenvalue weighted by atomic mass is 16.5. The molecule has 1 saturated heterocycles. The number of aromatic nitrogens is 3. The summed E-state index contributed by atoms with van der Waals surface area (Å²) in [6.45, 7) is 9.59. The number of rotatable bonds is 9. The van der Waals surface area contributed by atoms with Crippen LogP contribution in [-0.2, 0) is 11.3 Å². The molecule has 0 spiro atoms. The number of hydrogen-bond acceptors (Lipinski definition) is 7. The van der Waals surface area contributed by atoms with Gasteiger partial charge in [-0.3, -0.25) is 4.90 Å². The van der Waals surface area contributed by atoms with Crippen LogP contribution in [0.1, 0.15) is 19.4 Å². The molecule has 0 radical (unpaired) electrons. The number of fused-ring (bicyclic) bond motifs is 1. The molecule has 4 aromatic rings. The molecule has 182 valence electrons. The highest BCUT2D eigenvalue weighted by Crippen LogP contribution is 2.31. The third kappa shape index (κ3) is 5.39. The van der Waals surface area contributed by atoms with Gasteiger partial charge in [-0.05, 0) is 49.7 Å². The van der Waals surface area contributed by atoms with Crippen molar-refractivity contribution < 1.29 is 14.2 Å². The van der Waals surface area contributed by atoms with E-state index in [2.05, 4.69) is 44.0 Å². The molecule has 0 aliphatic carbocycles. The van der Waals surface area contributed by atoms with Crippen LogP contribution in [0.2, 0.25) is 0 Å². The maximum absolute atomic E-state index is 5.74. The average Bonchev–Trinajstić information content (AvgIpc) is 3.30. The Hall–Kier alpha value is -3.62. The third-order valence-electron chi connectivity index (χ3n) is 5.95. The summed E-state index contributed by atoms with van der Waals surface area (Å²) in [7, 11) is 0. The van der Waals surface area contributed by atoms with E-state index in [0.717, 1.165) is 61.0 Å². The molecule has 1 N–H and O–H groups in total. The van der Waals surface area contributed by atoms with E-state index in [1.54, 1.807) is 0 Å². The molecule has 8 heteroatoms. The molecule has 0 saturated carbocycles. The number of hydrogen-bond donors (Lipinski definition) is 1. The van der Waals surface area contributed by atoms with Gasteiger partial charge in [0.15, 0.2) is 11.5 Å². The van der Waals surface area contributed by atoms with Gasteiger partial charge in [0, 0.05) is 54.9 Å². The zero-order valence-corrected chi connectivity index (χ0v) is 20.2. The van der Waals surface area contributed by atoms with E-state index in [4.69, 9.17) is 19.2 Å². The monoisotopic (exact) mass is 473 g/mol. The van der Waals surface area contributed by atoms with Crippen LogP contribution in [0.5, 0.6) is 11.5 Å². The van der Waals surface area contributed by atoms with Crippen LogP contribution in [0.25, 0.3) is 16.7 Å². The molecule has 3 heterocycles. The van der Waals surface area contributed by atoms with Crippen molar-refractivity contribution in [2.45, 2.75) is 20.4 Å². The predicted molar refractivity (Wildman–Crippen MR) is 137 cm³/mol. The van der Waals surface area contributed by atoms with Crippen molar-refractivity contribution in [2.75, 3.05) is 44.8 Å².